The smallest absolute Gasteiger partial charge is 0.277 e. The maximum Gasteiger partial charge on any atom is 0.277 e. The van der Waals surface area contributed by atoms with Crippen LogP contribution >= 0.6 is 23.4 Å². The van der Waals surface area contributed by atoms with Crippen LogP contribution in [0.4, 0.5) is 5.69 Å². The molecule has 25 heavy (non-hydrogen) atoms. The Morgan fingerprint density at radius 1 is 1.28 bits per heavy atom. The molecule has 0 spiro atoms. The molecule has 0 unspecified atom stereocenters. The summed E-state index contributed by atoms with van der Waals surface area (Å²) in [5.41, 5.74) is 2.09. The number of nitrogens with one attached hydrogen (secondary N) is 1. The number of rotatable bonds is 5. The molecule has 8 heteroatoms. The first-order chi connectivity index (χ1) is 12.0. The van der Waals surface area contributed by atoms with Gasteiger partial charge in [0.15, 0.2) is 0 Å². The fourth-order valence-corrected chi connectivity index (χ4v) is 2.82. The summed E-state index contributed by atoms with van der Waals surface area (Å²) in [5, 5.41) is 21.0. The summed E-state index contributed by atoms with van der Waals surface area (Å²) in [4.78, 5) is 12.1. The third-order valence-corrected chi connectivity index (χ3v) is 4.60. The van der Waals surface area contributed by atoms with Crippen molar-refractivity contribution < 1.29 is 14.3 Å². The zero-order valence-electron chi connectivity index (χ0n) is 13.2. The number of nitrogens with zero attached hydrogens (tertiary/aromatic N) is 2. The van der Waals surface area contributed by atoms with Gasteiger partial charge in [-0.05, 0) is 42.8 Å². The quantitative estimate of drug-likeness (QED) is 0.652. The molecule has 3 rings (SSSR count). The molecule has 2 N–H and O–H groups in total. The second-order valence-electron chi connectivity index (χ2n) is 5.17. The number of aromatic hydroxyl groups is 1. The molecular formula is C17H14ClN3O3S. The minimum atomic E-state index is -0.201. The first-order valence-corrected chi connectivity index (χ1v) is 8.70. The highest BCUT2D eigenvalue weighted by molar-refractivity contribution is 7.99. The maximum absolute atomic E-state index is 12.1. The van der Waals surface area contributed by atoms with Crippen LogP contribution in [0.1, 0.15) is 5.56 Å². The van der Waals surface area contributed by atoms with E-state index in [0.29, 0.717) is 16.3 Å². The van der Waals surface area contributed by atoms with Crippen molar-refractivity contribution >= 4 is 35.0 Å². The fraction of sp³-hybridized carbons (Fsp3) is 0.118. The van der Waals surface area contributed by atoms with Gasteiger partial charge in [0.2, 0.25) is 11.8 Å². The third kappa shape index (κ3) is 4.32. The van der Waals surface area contributed by atoms with E-state index in [2.05, 4.69) is 15.5 Å². The summed E-state index contributed by atoms with van der Waals surface area (Å²) >= 11 is 7.16. The summed E-state index contributed by atoms with van der Waals surface area (Å²) in [5.74, 6) is 0.311. The van der Waals surface area contributed by atoms with Crippen molar-refractivity contribution in [1.82, 2.24) is 10.2 Å². The zero-order chi connectivity index (χ0) is 17.8. The Balaban J connectivity index is 1.60. The Morgan fingerprint density at radius 2 is 2.08 bits per heavy atom. The number of amides is 1. The van der Waals surface area contributed by atoms with Crippen molar-refractivity contribution in [2.45, 2.75) is 12.1 Å². The molecule has 0 bridgehead atoms. The lowest BCUT2D eigenvalue weighted by atomic mass is 10.2. The molecule has 0 saturated carbocycles. The van der Waals surface area contributed by atoms with Gasteiger partial charge in [0.05, 0.1) is 5.75 Å². The molecule has 0 radical (unpaired) electrons. The van der Waals surface area contributed by atoms with E-state index in [9.17, 15) is 9.90 Å². The summed E-state index contributed by atoms with van der Waals surface area (Å²) in [6.45, 7) is 1.84. The number of thioether (sulfide) groups is 1. The van der Waals surface area contributed by atoms with Crippen molar-refractivity contribution in [3.05, 3.63) is 53.1 Å². The van der Waals surface area contributed by atoms with Gasteiger partial charge in [0.25, 0.3) is 5.22 Å². The standard InChI is InChI=1S/C17H14ClN3O3S/c1-10-13(18)6-3-7-14(10)19-15(23)9-25-17-21-20-16(24-17)11-4-2-5-12(22)8-11/h2-8,22H,9H2,1H3,(H,19,23). The number of hydrogen-bond acceptors (Lipinski definition) is 6. The van der Waals surface area contributed by atoms with E-state index >= 15 is 0 Å². The lowest BCUT2D eigenvalue weighted by Crippen LogP contribution is -2.14. The first-order valence-electron chi connectivity index (χ1n) is 7.33. The van der Waals surface area contributed by atoms with E-state index in [4.69, 9.17) is 16.0 Å². The van der Waals surface area contributed by atoms with Crippen LogP contribution in [-0.2, 0) is 4.79 Å². The Bertz CT molecular complexity index is 914. The van der Waals surface area contributed by atoms with Crippen molar-refractivity contribution in [2.24, 2.45) is 0 Å². The van der Waals surface area contributed by atoms with Gasteiger partial charge in [-0.2, -0.15) is 0 Å². The summed E-state index contributed by atoms with van der Waals surface area (Å²) in [7, 11) is 0. The highest BCUT2D eigenvalue weighted by atomic mass is 35.5. The highest BCUT2D eigenvalue weighted by Crippen LogP contribution is 2.26. The van der Waals surface area contributed by atoms with Crippen molar-refractivity contribution in [2.75, 3.05) is 11.1 Å². The minimum absolute atomic E-state index is 0.112. The van der Waals surface area contributed by atoms with E-state index in [1.807, 2.05) is 6.92 Å². The molecule has 0 aliphatic carbocycles. The van der Waals surface area contributed by atoms with Crippen molar-refractivity contribution in [3.8, 4) is 17.2 Å². The molecule has 2 aromatic carbocycles. The van der Waals surface area contributed by atoms with Gasteiger partial charge in [-0.3, -0.25) is 4.79 Å². The molecule has 0 aliphatic heterocycles. The molecular weight excluding hydrogens is 362 g/mol. The lowest BCUT2D eigenvalue weighted by molar-refractivity contribution is -0.113. The van der Waals surface area contributed by atoms with Crippen molar-refractivity contribution in [1.29, 1.82) is 0 Å². The van der Waals surface area contributed by atoms with E-state index in [1.54, 1.807) is 36.4 Å². The molecule has 128 valence electrons. The molecule has 0 aliphatic rings. The Kier molecular flexibility index (Phi) is 5.25. The normalized spacial score (nSPS) is 10.6. The molecule has 3 aromatic rings. The molecule has 1 heterocycles. The van der Waals surface area contributed by atoms with E-state index in [0.717, 1.165) is 17.3 Å². The molecule has 1 aromatic heterocycles. The molecule has 1 amide bonds. The number of benzene rings is 2. The van der Waals surface area contributed by atoms with Gasteiger partial charge in [0, 0.05) is 16.3 Å². The number of carbonyl (C=O) groups is 1. The van der Waals surface area contributed by atoms with Crippen LogP contribution < -0.4 is 5.32 Å². The second-order valence-corrected chi connectivity index (χ2v) is 6.51. The summed E-state index contributed by atoms with van der Waals surface area (Å²) in [6, 6.07) is 11.8. The van der Waals surface area contributed by atoms with Crippen LogP contribution in [0.3, 0.4) is 0 Å². The third-order valence-electron chi connectivity index (χ3n) is 3.37. The number of halogens is 1. The van der Waals surface area contributed by atoms with E-state index in [-0.39, 0.29) is 28.5 Å². The maximum atomic E-state index is 12.1. The predicted molar refractivity (Wildman–Crippen MR) is 96.9 cm³/mol. The summed E-state index contributed by atoms with van der Waals surface area (Å²) < 4.78 is 5.50. The fourth-order valence-electron chi connectivity index (χ4n) is 2.08. The van der Waals surface area contributed by atoms with Gasteiger partial charge in [0.1, 0.15) is 5.75 Å². The Hall–Kier alpha value is -2.51. The average Bonchev–Trinajstić information content (AvgIpc) is 3.06. The van der Waals surface area contributed by atoms with Crippen LogP contribution in [-0.4, -0.2) is 27.0 Å². The molecule has 0 fully saturated rings. The predicted octanol–water partition coefficient (Wildman–Crippen LogP) is 4.13. The largest absolute Gasteiger partial charge is 0.508 e. The highest BCUT2D eigenvalue weighted by Gasteiger charge is 2.12. The van der Waals surface area contributed by atoms with E-state index in [1.165, 1.54) is 6.07 Å². The molecule has 0 saturated heterocycles. The Morgan fingerprint density at radius 3 is 2.88 bits per heavy atom. The van der Waals surface area contributed by atoms with Crippen LogP contribution in [0.25, 0.3) is 11.5 Å². The van der Waals surface area contributed by atoms with Crippen LogP contribution in [0, 0.1) is 6.92 Å². The molecule has 6 nitrogen and oxygen atoms in total. The first kappa shape index (κ1) is 17.3. The number of aromatic nitrogens is 2. The summed E-state index contributed by atoms with van der Waals surface area (Å²) in [6.07, 6.45) is 0. The number of phenolic OH excluding ortho intramolecular Hbond substituents is 1. The minimum Gasteiger partial charge on any atom is -0.508 e. The number of carbonyl (C=O) groups excluding carboxylic acids is 1. The van der Waals surface area contributed by atoms with Crippen LogP contribution in [0.2, 0.25) is 5.02 Å². The SMILES string of the molecule is Cc1c(Cl)cccc1NC(=O)CSc1nnc(-c2cccc(O)c2)o1. The number of anilines is 1. The van der Waals surface area contributed by atoms with Gasteiger partial charge in [-0.15, -0.1) is 10.2 Å². The number of phenols is 1. The van der Waals surface area contributed by atoms with Crippen molar-refractivity contribution in [3.63, 3.8) is 0 Å². The number of hydrogen-bond donors (Lipinski definition) is 2. The van der Waals surface area contributed by atoms with Crippen LogP contribution in [0.15, 0.2) is 52.1 Å². The zero-order valence-corrected chi connectivity index (χ0v) is 14.8. The molecule has 0 atom stereocenters. The average molecular weight is 376 g/mol. The topological polar surface area (TPSA) is 88.2 Å². The second kappa shape index (κ2) is 7.58. The van der Waals surface area contributed by atoms with Crippen LogP contribution in [0.5, 0.6) is 5.75 Å². The van der Waals surface area contributed by atoms with Gasteiger partial charge < -0.3 is 14.8 Å². The van der Waals surface area contributed by atoms with Gasteiger partial charge in [-0.25, -0.2) is 0 Å². The lowest BCUT2D eigenvalue weighted by Gasteiger charge is -2.08. The monoisotopic (exact) mass is 375 g/mol. The van der Waals surface area contributed by atoms with Gasteiger partial charge in [-0.1, -0.05) is 35.5 Å². The van der Waals surface area contributed by atoms with Gasteiger partial charge >= 0.3 is 0 Å². The van der Waals surface area contributed by atoms with E-state index < -0.39 is 0 Å². The Labute approximate surface area is 153 Å².